The molecule has 26 heavy (non-hydrogen) atoms. The third kappa shape index (κ3) is 2.23. The molecule has 0 heterocycles. The van der Waals surface area contributed by atoms with Gasteiger partial charge in [-0.3, -0.25) is 14.4 Å². The molecule has 3 aromatic carbocycles. The molecule has 3 aromatic rings. The van der Waals surface area contributed by atoms with Gasteiger partial charge in [-0.15, -0.1) is 0 Å². The maximum Gasteiger partial charge on any atom is 0.216 e. The molecule has 1 aliphatic rings. The number of hydrogen-bond acceptors (Lipinski definition) is 4. The van der Waals surface area contributed by atoms with Gasteiger partial charge in [0.1, 0.15) is 5.70 Å². The van der Waals surface area contributed by atoms with Gasteiger partial charge in [-0.2, -0.15) is 0 Å². The van der Waals surface area contributed by atoms with Crippen LogP contribution in [-0.2, 0) is 4.79 Å². The molecule has 4 heteroatoms. The maximum atomic E-state index is 13.0. The summed E-state index contributed by atoms with van der Waals surface area (Å²) in [7, 11) is 0. The summed E-state index contributed by atoms with van der Waals surface area (Å²) < 4.78 is 0. The van der Waals surface area contributed by atoms with Gasteiger partial charge in [-0.1, -0.05) is 54.6 Å². The van der Waals surface area contributed by atoms with Crippen LogP contribution in [0, 0.1) is 0 Å². The van der Waals surface area contributed by atoms with Crippen molar-refractivity contribution in [2.24, 2.45) is 4.99 Å². The SMILES string of the molecule is CC1=C(N=c2c(=O)c3ccccc3c2=O)C(=O)C(c2ccccc2)=C1C. The Morgan fingerprint density at radius 2 is 1.23 bits per heavy atom. The number of Topliss-reactive ketones (excluding diaryl/α,β-unsaturated/α-hetero) is 1. The van der Waals surface area contributed by atoms with E-state index in [2.05, 4.69) is 4.99 Å². The molecule has 126 valence electrons. The summed E-state index contributed by atoms with van der Waals surface area (Å²) in [6, 6.07) is 16.0. The lowest BCUT2D eigenvalue weighted by molar-refractivity contribution is -0.110. The number of fused-ring (bicyclic) bond motifs is 1. The van der Waals surface area contributed by atoms with Crippen LogP contribution < -0.4 is 16.2 Å². The van der Waals surface area contributed by atoms with Crippen molar-refractivity contribution in [3.05, 3.63) is 103 Å². The van der Waals surface area contributed by atoms with Gasteiger partial charge in [0, 0.05) is 16.3 Å². The molecule has 0 fully saturated rings. The molecular weight excluding hydrogens is 326 g/mol. The monoisotopic (exact) mass is 341 g/mol. The first-order valence-corrected chi connectivity index (χ1v) is 8.30. The summed E-state index contributed by atoms with van der Waals surface area (Å²) in [6.07, 6.45) is 0. The molecule has 0 saturated heterocycles. The van der Waals surface area contributed by atoms with Gasteiger partial charge in [0.05, 0.1) is 0 Å². The van der Waals surface area contributed by atoms with E-state index in [0.717, 1.165) is 11.1 Å². The number of allylic oxidation sites excluding steroid dienone is 3. The average molecular weight is 341 g/mol. The van der Waals surface area contributed by atoms with Gasteiger partial charge in [-0.25, -0.2) is 4.99 Å². The van der Waals surface area contributed by atoms with E-state index in [-0.39, 0.29) is 16.8 Å². The Morgan fingerprint density at radius 1 is 0.692 bits per heavy atom. The van der Waals surface area contributed by atoms with E-state index in [1.807, 2.05) is 37.3 Å². The van der Waals surface area contributed by atoms with Gasteiger partial charge in [0.25, 0.3) is 0 Å². The normalized spacial score (nSPS) is 14.6. The molecule has 0 saturated carbocycles. The number of hydrogen-bond donors (Lipinski definition) is 0. The van der Waals surface area contributed by atoms with Crippen LogP contribution in [0.5, 0.6) is 0 Å². The standard InChI is InChI=1S/C22H15NO3/c1-12-13(2)18(22(26)17(12)14-8-4-3-5-9-14)23-19-20(24)15-10-6-7-11-16(15)21(19)25/h3-11H,1-2H3. The molecule has 0 spiro atoms. The number of rotatable bonds is 2. The van der Waals surface area contributed by atoms with Crippen LogP contribution in [0.15, 0.2) is 86.0 Å². The molecule has 4 nitrogen and oxygen atoms in total. The molecule has 1 aliphatic carbocycles. The minimum absolute atomic E-state index is 0.172. The summed E-state index contributed by atoms with van der Waals surface area (Å²) >= 11 is 0. The third-order valence-electron chi connectivity index (χ3n) is 4.87. The second kappa shape index (κ2) is 5.85. The predicted octanol–water partition coefficient (Wildman–Crippen LogP) is 2.67. The van der Waals surface area contributed by atoms with E-state index in [1.54, 1.807) is 31.2 Å². The highest BCUT2D eigenvalue weighted by molar-refractivity contribution is 6.33. The maximum absolute atomic E-state index is 13.0. The Labute approximate surface area is 149 Å². The quantitative estimate of drug-likeness (QED) is 0.720. The molecule has 0 bridgehead atoms. The highest BCUT2D eigenvalue weighted by Gasteiger charge is 2.29. The van der Waals surface area contributed by atoms with Crippen molar-refractivity contribution in [2.75, 3.05) is 0 Å². The van der Waals surface area contributed by atoms with Crippen LogP contribution in [0.3, 0.4) is 0 Å². The van der Waals surface area contributed by atoms with Crippen LogP contribution >= 0.6 is 0 Å². The summed E-state index contributed by atoms with van der Waals surface area (Å²) in [5.41, 5.74) is 2.20. The third-order valence-corrected chi connectivity index (χ3v) is 4.87. The number of carbonyl (C=O) groups is 1. The predicted molar refractivity (Wildman–Crippen MR) is 101 cm³/mol. The van der Waals surface area contributed by atoms with Gasteiger partial charge in [-0.05, 0) is 30.6 Å². The molecule has 0 atom stereocenters. The summed E-state index contributed by atoms with van der Waals surface area (Å²) in [5, 5.41) is 0.497. The van der Waals surface area contributed by atoms with Crippen molar-refractivity contribution in [1.82, 2.24) is 0 Å². The number of nitrogens with zero attached hydrogens (tertiary/aromatic N) is 1. The van der Waals surface area contributed by atoms with Crippen LogP contribution in [0.2, 0.25) is 0 Å². The van der Waals surface area contributed by atoms with Gasteiger partial charge >= 0.3 is 0 Å². The fraction of sp³-hybridized carbons (Fsp3) is 0.0909. The Balaban J connectivity index is 1.92. The largest absolute Gasteiger partial charge is 0.287 e. The fourth-order valence-corrected chi connectivity index (χ4v) is 3.36. The molecular formula is C22H15NO3. The van der Waals surface area contributed by atoms with Crippen molar-refractivity contribution >= 4 is 22.1 Å². The van der Waals surface area contributed by atoms with Gasteiger partial charge < -0.3 is 0 Å². The van der Waals surface area contributed by atoms with Gasteiger partial charge in [0.2, 0.25) is 16.6 Å². The van der Waals surface area contributed by atoms with E-state index in [9.17, 15) is 14.4 Å². The molecule has 0 radical (unpaired) electrons. The van der Waals surface area contributed by atoms with E-state index in [1.165, 1.54) is 0 Å². The van der Waals surface area contributed by atoms with Crippen molar-refractivity contribution in [2.45, 2.75) is 13.8 Å². The highest BCUT2D eigenvalue weighted by Crippen LogP contribution is 2.35. The zero-order valence-electron chi connectivity index (χ0n) is 14.4. The molecule has 0 amide bonds. The number of benzene rings is 2. The van der Waals surface area contributed by atoms with Crippen molar-refractivity contribution in [3.8, 4) is 0 Å². The van der Waals surface area contributed by atoms with Crippen molar-refractivity contribution in [1.29, 1.82) is 0 Å². The minimum Gasteiger partial charge on any atom is -0.287 e. The zero-order valence-corrected chi connectivity index (χ0v) is 14.4. The summed E-state index contributed by atoms with van der Waals surface area (Å²) in [5.74, 6) is -0.254. The van der Waals surface area contributed by atoms with Crippen LogP contribution in [0.25, 0.3) is 16.3 Å². The van der Waals surface area contributed by atoms with Gasteiger partial charge in [0.15, 0.2) is 5.36 Å². The minimum atomic E-state index is -0.426. The lowest BCUT2D eigenvalue weighted by Gasteiger charge is -2.03. The lowest BCUT2D eigenvalue weighted by Crippen LogP contribution is -2.32. The lowest BCUT2D eigenvalue weighted by atomic mass is 10.00. The highest BCUT2D eigenvalue weighted by atomic mass is 16.1. The summed E-state index contributed by atoms with van der Waals surface area (Å²) in [4.78, 5) is 42.3. The molecule has 0 aliphatic heterocycles. The molecule has 0 unspecified atom stereocenters. The first-order valence-electron chi connectivity index (χ1n) is 8.30. The summed E-state index contributed by atoms with van der Waals surface area (Å²) in [6.45, 7) is 3.65. The second-order valence-corrected chi connectivity index (χ2v) is 6.33. The Hall–Kier alpha value is -3.40. The van der Waals surface area contributed by atoms with Crippen LogP contribution in [0.1, 0.15) is 19.4 Å². The first kappa shape index (κ1) is 16.1. The van der Waals surface area contributed by atoms with E-state index >= 15 is 0 Å². The Bertz CT molecular complexity index is 1230. The topological polar surface area (TPSA) is 63.6 Å². The fourth-order valence-electron chi connectivity index (χ4n) is 3.36. The molecule has 0 aromatic heterocycles. The zero-order chi connectivity index (χ0) is 18.4. The number of carbonyl (C=O) groups excluding carboxylic acids is 1. The van der Waals surface area contributed by atoms with Crippen molar-refractivity contribution in [3.63, 3.8) is 0 Å². The average Bonchev–Trinajstić information content (AvgIpc) is 3.03. The molecule has 4 rings (SSSR count). The number of ketones is 1. The van der Waals surface area contributed by atoms with Crippen LogP contribution in [-0.4, -0.2) is 5.78 Å². The second-order valence-electron chi connectivity index (χ2n) is 6.33. The first-order chi connectivity index (χ1) is 12.5. The Morgan fingerprint density at radius 3 is 1.81 bits per heavy atom. The van der Waals surface area contributed by atoms with E-state index in [0.29, 0.717) is 21.9 Å². The smallest absolute Gasteiger partial charge is 0.216 e. The van der Waals surface area contributed by atoms with E-state index in [4.69, 9.17) is 0 Å². The van der Waals surface area contributed by atoms with Crippen LogP contribution in [0.4, 0.5) is 0 Å². The molecule has 0 N–H and O–H groups in total. The Kier molecular flexibility index (Phi) is 3.62. The van der Waals surface area contributed by atoms with Crippen molar-refractivity contribution < 1.29 is 4.79 Å². The van der Waals surface area contributed by atoms with E-state index < -0.39 is 10.9 Å².